The fourth-order valence-electron chi connectivity index (χ4n) is 4.46. The molecule has 0 aromatic heterocycles. The highest BCUT2D eigenvalue weighted by Gasteiger charge is 2.44. The van der Waals surface area contributed by atoms with Crippen LogP contribution in [-0.2, 0) is 4.79 Å². The second kappa shape index (κ2) is 9.46. The van der Waals surface area contributed by atoms with Crippen LogP contribution in [0.25, 0.3) is 10.8 Å². The van der Waals surface area contributed by atoms with E-state index in [9.17, 15) is 33.0 Å². The number of carbonyl (C=O) groups excluding carboxylic acids is 1. The van der Waals surface area contributed by atoms with Crippen LogP contribution >= 0.6 is 0 Å². The Morgan fingerprint density at radius 3 is 2.31 bits per heavy atom. The summed E-state index contributed by atoms with van der Waals surface area (Å²) in [6.45, 7) is 0.189. The summed E-state index contributed by atoms with van der Waals surface area (Å²) in [7, 11) is 0. The van der Waals surface area contributed by atoms with Gasteiger partial charge in [0.05, 0.1) is 23.7 Å². The van der Waals surface area contributed by atoms with Gasteiger partial charge in [0.1, 0.15) is 17.3 Å². The first-order valence-electron chi connectivity index (χ1n) is 10.9. The highest BCUT2D eigenvalue weighted by molar-refractivity contribution is 6.17. The van der Waals surface area contributed by atoms with Gasteiger partial charge < -0.3 is 19.7 Å². The molecule has 184 valence electrons. The standard InChI is InChI=1S/C25H22F3NO6/c1-3-13(24(32)33)14-10-9-12(11-17(14)26)29-22(30)18-19(23(29)31)21(35-25(27)28)16-8-6-5-7-15(16)20(18)34-4-2/h5-11,13,22,25,30H,3-4H2,1-2H3,(H,32,33). The average molecular weight is 489 g/mol. The number of carboxylic acids is 1. The topological polar surface area (TPSA) is 96.3 Å². The maximum atomic E-state index is 14.9. The van der Waals surface area contributed by atoms with Crippen molar-refractivity contribution in [2.24, 2.45) is 0 Å². The molecule has 0 saturated carbocycles. The van der Waals surface area contributed by atoms with Crippen LogP contribution in [0.4, 0.5) is 18.9 Å². The molecular formula is C25H22F3NO6. The first-order valence-corrected chi connectivity index (χ1v) is 10.9. The summed E-state index contributed by atoms with van der Waals surface area (Å²) in [5.74, 6) is -4.38. The van der Waals surface area contributed by atoms with Crippen LogP contribution in [0.1, 0.15) is 53.9 Å². The van der Waals surface area contributed by atoms with Gasteiger partial charge in [0.15, 0.2) is 6.23 Å². The predicted molar refractivity (Wildman–Crippen MR) is 121 cm³/mol. The summed E-state index contributed by atoms with van der Waals surface area (Å²) in [4.78, 5) is 25.8. The molecule has 0 bridgehead atoms. The van der Waals surface area contributed by atoms with Crippen molar-refractivity contribution < 1.29 is 42.4 Å². The van der Waals surface area contributed by atoms with Crippen molar-refractivity contribution in [3.63, 3.8) is 0 Å². The number of carbonyl (C=O) groups is 2. The molecule has 1 aliphatic heterocycles. The molecule has 0 radical (unpaired) electrons. The Labute approximate surface area is 198 Å². The molecule has 10 heteroatoms. The molecule has 1 amide bonds. The van der Waals surface area contributed by atoms with Gasteiger partial charge in [-0.1, -0.05) is 37.3 Å². The second-order valence-corrected chi connectivity index (χ2v) is 7.86. The monoisotopic (exact) mass is 489 g/mol. The Bertz CT molecular complexity index is 1310. The number of amides is 1. The fraction of sp³-hybridized carbons (Fsp3) is 0.280. The molecule has 2 N–H and O–H groups in total. The average Bonchev–Trinajstić information content (AvgIpc) is 3.07. The van der Waals surface area contributed by atoms with Crippen LogP contribution < -0.4 is 14.4 Å². The van der Waals surface area contributed by atoms with E-state index in [4.69, 9.17) is 9.47 Å². The van der Waals surface area contributed by atoms with E-state index in [1.165, 1.54) is 18.2 Å². The van der Waals surface area contributed by atoms with Crippen molar-refractivity contribution in [2.75, 3.05) is 11.5 Å². The Morgan fingerprint density at radius 1 is 1.11 bits per heavy atom. The van der Waals surface area contributed by atoms with Crippen molar-refractivity contribution >= 4 is 28.3 Å². The highest BCUT2D eigenvalue weighted by Crippen LogP contribution is 2.50. The Balaban J connectivity index is 1.91. The van der Waals surface area contributed by atoms with Gasteiger partial charge in [0.25, 0.3) is 5.91 Å². The van der Waals surface area contributed by atoms with Gasteiger partial charge in [-0.3, -0.25) is 14.5 Å². The number of nitrogens with zero attached hydrogens (tertiary/aromatic N) is 1. The molecule has 0 aliphatic carbocycles. The number of halogens is 3. The number of hydrogen-bond acceptors (Lipinski definition) is 5. The molecule has 2 unspecified atom stereocenters. The smallest absolute Gasteiger partial charge is 0.387 e. The van der Waals surface area contributed by atoms with Gasteiger partial charge in [-0.25, -0.2) is 4.39 Å². The van der Waals surface area contributed by atoms with Crippen LogP contribution in [0.15, 0.2) is 42.5 Å². The van der Waals surface area contributed by atoms with Crippen molar-refractivity contribution in [3.05, 3.63) is 65.0 Å². The number of rotatable bonds is 8. The quantitative estimate of drug-likeness (QED) is 0.451. The molecule has 2 atom stereocenters. The van der Waals surface area contributed by atoms with Gasteiger partial charge in [-0.05, 0) is 25.5 Å². The van der Waals surface area contributed by atoms with E-state index in [2.05, 4.69) is 0 Å². The zero-order valence-electron chi connectivity index (χ0n) is 18.8. The minimum atomic E-state index is -3.25. The number of carboxylic acid groups (broad SMARTS) is 1. The summed E-state index contributed by atoms with van der Waals surface area (Å²) >= 11 is 0. The van der Waals surface area contributed by atoms with Crippen molar-refractivity contribution in [1.29, 1.82) is 0 Å². The third-order valence-electron chi connectivity index (χ3n) is 5.93. The fourth-order valence-corrected chi connectivity index (χ4v) is 4.46. The van der Waals surface area contributed by atoms with Gasteiger partial charge in [0, 0.05) is 22.0 Å². The van der Waals surface area contributed by atoms with Crippen molar-refractivity contribution in [2.45, 2.75) is 39.0 Å². The lowest BCUT2D eigenvalue weighted by molar-refractivity contribution is -0.138. The summed E-state index contributed by atoms with van der Waals surface area (Å²) in [6, 6.07) is 9.76. The minimum absolute atomic E-state index is 0.0762. The third-order valence-corrected chi connectivity index (χ3v) is 5.93. The first kappa shape index (κ1) is 24.3. The Hall–Kier alpha value is -3.79. The highest BCUT2D eigenvalue weighted by atomic mass is 19.3. The second-order valence-electron chi connectivity index (χ2n) is 7.86. The zero-order valence-corrected chi connectivity index (χ0v) is 18.8. The molecule has 4 rings (SSSR count). The number of aliphatic carboxylic acids is 1. The third kappa shape index (κ3) is 4.03. The first-order chi connectivity index (χ1) is 16.7. The number of ether oxygens (including phenoxy) is 2. The van der Waals surface area contributed by atoms with Gasteiger partial charge >= 0.3 is 12.6 Å². The molecule has 3 aromatic carbocycles. The molecule has 1 aliphatic rings. The number of hydrogen-bond donors (Lipinski definition) is 2. The molecule has 35 heavy (non-hydrogen) atoms. The van der Waals surface area contributed by atoms with E-state index in [0.717, 1.165) is 11.0 Å². The minimum Gasteiger partial charge on any atom is -0.493 e. The van der Waals surface area contributed by atoms with Gasteiger partial charge in [0.2, 0.25) is 0 Å². The van der Waals surface area contributed by atoms with E-state index >= 15 is 0 Å². The lowest BCUT2D eigenvalue weighted by Crippen LogP contribution is -2.28. The van der Waals surface area contributed by atoms with Crippen LogP contribution in [0.3, 0.4) is 0 Å². The molecular weight excluding hydrogens is 467 g/mol. The zero-order chi connectivity index (χ0) is 25.4. The maximum Gasteiger partial charge on any atom is 0.387 e. The number of aliphatic hydroxyl groups excluding tert-OH is 1. The number of aliphatic hydroxyl groups is 1. The van der Waals surface area contributed by atoms with Crippen LogP contribution in [-0.4, -0.2) is 35.3 Å². The Kier molecular flexibility index (Phi) is 6.58. The maximum absolute atomic E-state index is 14.9. The van der Waals surface area contributed by atoms with Crippen LogP contribution in [0.2, 0.25) is 0 Å². The SMILES string of the molecule is CCOc1c2c(c(OC(F)F)c3ccccc13)C(=O)N(c1ccc(C(CC)C(=O)O)c(F)c1)C2O. The largest absolute Gasteiger partial charge is 0.493 e. The molecule has 0 saturated heterocycles. The van der Waals surface area contributed by atoms with Crippen molar-refractivity contribution in [3.8, 4) is 11.5 Å². The van der Waals surface area contributed by atoms with Gasteiger partial charge in [-0.2, -0.15) is 8.78 Å². The van der Waals surface area contributed by atoms with E-state index in [-0.39, 0.29) is 46.5 Å². The summed E-state index contributed by atoms with van der Waals surface area (Å²) in [5, 5.41) is 21.0. The lowest BCUT2D eigenvalue weighted by Gasteiger charge is -2.23. The summed E-state index contributed by atoms with van der Waals surface area (Å²) in [6.07, 6.45) is -1.56. The molecule has 0 spiro atoms. The van der Waals surface area contributed by atoms with E-state index in [1.54, 1.807) is 32.0 Å². The van der Waals surface area contributed by atoms with E-state index < -0.39 is 42.2 Å². The molecule has 7 nitrogen and oxygen atoms in total. The molecule has 3 aromatic rings. The number of anilines is 1. The summed E-state index contributed by atoms with van der Waals surface area (Å²) in [5.41, 5.74) is -0.561. The molecule has 0 fully saturated rings. The van der Waals surface area contributed by atoms with Crippen LogP contribution in [0, 0.1) is 5.82 Å². The molecule has 1 heterocycles. The van der Waals surface area contributed by atoms with E-state index in [0.29, 0.717) is 5.39 Å². The van der Waals surface area contributed by atoms with E-state index in [1.807, 2.05) is 0 Å². The summed E-state index contributed by atoms with van der Waals surface area (Å²) < 4.78 is 52.1. The lowest BCUT2D eigenvalue weighted by atomic mass is 9.96. The van der Waals surface area contributed by atoms with Crippen molar-refractivity contribution in [1.82, 2.24) is 0 Å². The van der Waals surface area contributed by atoms with Crippen LogP contribution in [0.5, 0.6) is 11.5 Å². The predicted octanol–water partition coefficient (Wildman–Crippen LogP) is 5.21. The Morgan fingerprint density at radius 2 is 1.77 bits per heavy atom. The number of benzene rings is 3. The number of alkyl halides is 2. The number of fused-ring (bicyclic) bond motifs is 2. The van der Waals surface area contributed by atoms with Gasteiger partial charge in [-0.15, -0.1) is 0 Å². The normalized spacial score (nSPS) is 16.0.